The maximum absolute atomic E-state index is 5.46. The van der Waals surface area contributed by atoms with Gasteiger partial charge in [0.15, 0.2) is 0 Å². The van der Waals surface area contributed by atoms with Gasteiger partial charge < -0.3 is 0 Å². The molecule has 0 saturated carbocycles. The second-order valence-electron chi connectivity index (χ2n) is 4.87. The largest absolute Gasteiger partial charge is 0.282 e. The molecule has 0 fully saturated rings. The molecule has 0 aliphatic carbocycles. The predicted octanol–water partition coefficient (Wildman–Crippen LogP) is 3.71. The van der Waals surface area contributed by atoms with Crippen molar-refractivity contribution in [2.24, 2.45) is 0 Å². The van der Waals surface area contributed by atoms with E-state index in [0.29, 0.717) is 11.4 Å². The van der Waals surface area contributed by atoms with E-state index in [1.807, 2.05) is 37.4 Å². The van der Waals surface area contributed by atoms with E-state index < -0.39 is 0 Å². The highest BCUT2D eigenvalue weighted by molar-refractivity contribution is 9.11. The minimum atomic E-state index is 0.588. The molecule has 1 aromatic carbocycles. The van der Waals surface area contributed by atoms with Crippen LogP contribution in [0, 0.1) is 4.77 Å². The molecule has 0 bridgehead atoms. The molecule has 3 aromatic rings. The van der Waals surface area contributed by atoms with Crippen LogP contribution in [0.2, 0.25) is 0 Å². The van der Waals surface area contributed by atoms with Crippen LogP contribution in [0.15, 0.2) is 46.3 Å². The molecular formula is C14H14BrN5S2. The van der Waals surface area contributed by atoms with Gasteiger partial charge in [0.05, 0.1) is 16.1 Å². The summed E-state index contributed by atoms with van der Waals surface area (Å²) in [6.07, 6.45) is 0. The topological polar surface area (TPSA) is 38.9 Å². The lowest BCUT2D eigenvalue weighted by Crippen LogP contribution is -2.22. The van der Waals surface area contributed by atoms with Crippen molar-refractivity contribution in [2.75, 3.05) is 7.05 Å². The Kier molecular flexibility index (Phi) is 4.82. The van der Waals surface area contributed by atoms with Crippen molar-refractivity contribution < 1.29 is 0 Å². The lowest BCUT2D eigenvalue weighted by atomic mass is 10.3. The van der Waals surface area contributed by atoms with Gasteiger partial charge in [-0.15, -0.1) is 11.3 Å². The van der Waals surface area contributed by atoms with Crippen LogP contribution in [0.25, 0.3) is 5.69 Å². The number of thiophene rings is 1. The van der Waals surface area contributed by atoms with E-state index in [0.717, 1.165) is 16.0 Å². The van der Waals surface area contributed by atoms with Gasteiger partial charge >= 0.3 is 0 Å². The molecule has 2 heterocycles. The van der Waals surface area contributed by atoms with Crippen molar-refractivity contribution in [3.8, 4) is 5.69 Å². The average Bonchev–Trinajstić information content (AvgIpc) is 3.07. The molecule has 8 heteroatoms. The number of benzene rings is 1. The second-order valence-corrected chi connectivity index (χ2v) is 7.78. The normalized spacial score (nSPS) is 11.2. The first kappa shape index (κ1) is 15.5. The average molecular weight is 396 g/mol. The SMILES string of the molecule is CN(Cc1ccc(Br)s1)Cn1nnn(-c2ccccc2)c1=S. The zero-order valence-electron chi connectivity index (χ0n) is 11.9. The lowest BCUT2D eigenvalue weighted by Gasteiger charge is -2.14. The molecule has 0 N–H and O–H groups in total. The summed E-state index contributed by atoms with van der Waals surface area (Å²) in [6, 6.07) is 14.0. The zero-order chi connectivity index (χ0) is 15.5. The highest BCUT2D eigenvalue weighted by Crippen LogP contribution is 2.23. The van der Waals surface area contributed by atoms with Gasteiger partial charge in [0.1, 0.15) is 0 Å². The Morgan fingerprint density at radius 3 is 2.64 bits per heavy atom. The minimum absolute atomic E-state index is 0.588. The Bertz CT molecular complexity index is 808. The van der Waals surface area contributed by atoms with Crippen molar-refractivity contribution in [3.05, 3.63) is 55.9 Å². The van der Waals surface area contributed by atoms with E-state index in [4.69, 9.17) is 12.2 Å². The van der Waals surface area contributed by atoms with Crippen LogP contribution in [0.3, 0.4) is 0 Å². The monoisotopic (exact) mass is 395 g/mol. The number of aromatic nitrogens is 4. The Morgan fingerprint density at radius 1 is 1.18 bits per heavy atom. The fourth-order valence-electron chi connectivity index (χ4n) is 2.08. The molecule has 0 radical (unpaired) electrons. The first-order chi connectivity index (χ1) is 10.6. The van der Waals surface area contributed by atoms with Crippen molar-refractivity contribution in [1.29, 1.82) is 0 Å². The van der Waals surface area contributed by atoms with E-state index in [2.05, 4.69) is 43.4 Å². The number of rotatable bonds is 5. The number of halogens is 1. The predicted molar refractivity (Wildman–Crippen MR) is 93.7 cm³/mol. The molecule has 0 aliphatic heterocycles. The van der Waals surface area contributed by atoms with Crippen LogP contribution >= 0.6 is 39.5 Å². The molecule has 0 amide bonds. The van der Waals surface area contributed by atoms with Crippen LogP contribution in [0.4, 0.5) is 0 Å². The van der Waals surface area contributed by atoms with Gasteiger partial charge in [-0.2, -0.15) is 4.68 Å². The van der Waals surface area contributed by atoms with E-state index in [9.17, 15) is 0 Å². The number of nitrogens with zero attached hydrogens (tertiary/aromatic N) is 5. The van der Waals surface area contributed by atoms with E-state index in [1.165, 1.54) is 4.88 Å². The molecular weight excluding hydrogens is 382 g/mol. The van der Waals surface area contributed by atoms with Crippen LogP contribution in [0.5, 0.6) is 0 Å². The summed E-state index contributed by atoms with van der Waals surface area (Å²) in [6.45, 7) is 1.44. The molecule has 22 heavy (non-hydrogen) atoms. The molecule has 0 saturated heterocycles. The molecule has 3 rings (SSSR count). The molecule has 114 valence electrons. The highest BCUT2D eigenvalue weighted by Gasteiger charge is 2.09. The minimum Gasteiger partial charge on any atom is -0.282 e. The number of para-hydroxylation sites is 1. The summed E-state index contributed by atoms with van der Waals surface area (Å²) >= 11 is 10.7. The molecule has 0 unspecified atom stereocenters. The fourth-order valence-corrected chi connectivity index (χ4v) is 3.88. The molecule has 0 aliphatic rings. The Labute approximate surface area is 145 Å². The Balaban J connectivity index is 1.73. The van der Waals surface area contributed by atoms with Crippen LogP contribution in [0.1, 0.15) is 4.88 Å². The van der Waals surface area contributed by atoms with Gasteiger partial charge in [0.2, 0.25) is 4.77 Å². The lowest BCUT2D eigenvalue weighted by molar-refractivity contribution is 0.244. The molecule has 0 atom stereocenters. The maximum Gasteiger partial charge on any atom is 0.221 e. The van der Waals surface area contributed by atoms with E-state index >= 15 is 0 Å². The molecule has 2 aromatic heterocycles. The number of hydrogen-bond acceptors (Lipinski definition) is 5. The van der Waals surface area contributed by atoms with Crippen molar-refractivity contribution >= 4 is 39.5 Å². The summed E-state index contributed by atoms with van der Waals surface area (Å²) in [5, 5.41) is 8.30. The van der Waals surface area contributed by atoms with Gasteiger partial charge in [0.25, 0.3) is 0 Å². The summed E-state index contributed by atoms with van der Waals surface area (Å²) in [5.41, 5.74) is 0.920. The third-order valence-electron chi connectivity index (χ3n) is 3.07. The quantitative estimate of drug-likeness (QED) is 0.617. The van der Waals surface area contributed by atoms with Gasteiger partial charge in [-0.3, -0.25) is 4.90 Å². The first-order valence-corrected chi connectivity index (χ1v) is 8.66. The maximum atomic E-state index is 5.46. The first-order valence-electron chi connectivity index (χ1n) is 6.64. The van der Waals surface area contributed by atoms with Crippen molar-refractivity contribution in [1.82, 2.24) is 24.7 Å². The third-order valence-corrected chi connectivity index (χ3v) is 5.06. The zero-order valence-corrected chi connectivity index (χ0v) is 15.1. The fraction of sp³-hybridized carbons (Fsp3) is 0.214. The molecule has 5 nitrogen and oxygen atoms in total. The summed E-state index contributed by atoms with van der Waals surface area (Å²) < 4.78 is 5.13. The third kappa shape index (κ3) is 3.52. The summed E-state index contributed by atoms with van der Waals surface area (Å²) in [7, 11) is 2.04. The van der Waals surface area contributed by atoms with Gasteiger partial charge in [-0.05, 0) is 69.9 Å². The Morgan fingerprint density at radius 2 is 1.95 bits per heavy atom. The summed E-state index contributed by atoms with van der Waals surface area (Å²) in [5.74, 6) is 0. The van der Waals surface area contributed by atoms with Gasteiger partial charge in [-0.25, -0.2) is 4.68 Å². The standard InChI is InChI=1S/C14H14BrN5S2/c1-18(9-12-7-8-13(15)22-12)10-19-14(21)20(17-16-19)11-5-3-2-4-6-11/h2-8H,9-10H2,1H3. The van der Waals surface area contributed by atoms with Crippen LogP contribution in [-0.2, 0) is 13.2 Å². The van der Waals surface area contributed by atoms with Crippen LogP contribution in [-0.4, -0.2) is 31.7 Å². The van der Waals surface area contributed by atoms with Crippen LogP contribution < -0.4 is 0 Å². The Hall–Kier alpha value is -1.35. The smallest absolute Gasteiger partial charge is 0.221 e. The summed E-state index contributed by atoms with van der Waals surface area (Å²) in [4.78, 5) is 3.44. The number of hydrogen-bond donors (Lipinski definition) is 0. The second kappa shape index (κ2) is 6.82. The number of tetrazole rings is 1. The van der Waals surface area contributed by atoms with Crippen molar-refractivity contribution in [2.45, 2.75) is 13.2 Å². The molecule has 0 spiro atoms. The van der Waals surface area contributed by atoms with Gasteiger partial charge in [-0.1, -0.05) is 18.2 Å². The van der Waals surface area contributed by atoms with E-state index in [1.54, 1.807) is 20.7 Å². The van der Waals surface area contributed by atoms with E-state index in [-0.39, 0.29) is 0 Å². The van der Waals surface area contributed by atoms with Gasteiger partial charge in [0, 0.05) is 11.4 Å². The van der Waals surface area contributed by atoms with Crippen molar-refractivity contribution in [3.63, 3.8) is 0 Å². The highest BCUT2D eigenvalue weighted by atomic mass is 79.9.